The number of aromatic amines is 1. The topological polar surface area (TPSA) is 80.3 Å². The third kappa shape index (κ3) is 4.18. The first-order valence-electron chi connectivity index (χ1n) is 8.18. The Morgan fingerprint density at radius 2 is 2.25 bits per heavy atom. The lowest BCUT2D eigenvalue weighted by Gasteiger charge is -2.31. The number of benzene rings is 1. The third-order valence-electron chi connectivity index (χ3n) is 3.93. The number of aryl methyl sites for hydroxylation is 1. The Balaban J connectivity index is 1.49. The average molecular weight is 330 g/mol. The van der Waals surface area contributed by atoms with Crippen molar-refractivity contribution in [1.82, 2.24) is 20.1 Å². The molecule has 0 radical (unpaired) electrons. The number of nitrogens with zero attached hydrogens (tertiary/aromatic N) is 3. The van der Waals surface area contributed by atoms with Gasteiger partial charge in [0.05, 0.1) is 19.8 Å². The van der Waals surface area contributed by atoms with Crippen LogP contribution in [0, 0.1) is 0 Å². The van der Waals surface area contributed by atoms with Crippen LogP contribution in [0.5, 0.6) is 0 Å². The summed E-state index contributed by atoms with van der Waals surface area (Å²) in [4.78, 5) is 18.5. The number of H-pyrrole nitrogens is 1. The van der Waals surface area contributed by atoms with Gasteiger partial charge in [-0.25, -0.2) is 4.98 Å². The molecule has 24 heavy (non-hydrogen) atoms. The molecule has 1 aliphatic heterocycles. The lowest BCUT2D eigenvalue weighted by Crippen LogP contribution is -2.44. The highest BCUT2D eigenvalue weighted by Gasteiger charge is 2.28. The van der Waals surface area contributed by atoms with E-state index in [1.165, 1.54) is 0 Å². The molecule has 1 saturated heterocycles. The number of carbonyl (C=O) groups excluding carboxylic acids is 1. The normalized spacial score (nSPS) is 17.9. The molecule has 0 saturated carbocycles. The number of hydrogen-bond donors (Lipinski definition) is 1. The van der Waals surface area contributed by atoms with Crippen LogP contribution in [0.2, 0.25) is 0 Å². The second kappa shape index (κ2) is 8.03. The summed E-state index contributed by atoms with van der Waals surface area (Å²) in [6.45, 7) is 4.00. The van der Waals surface area contributed by atoms with E-state index in [4.69, 9.17) is 9.47 Å². The van der Waals surface area contributed by atoms with E-state index in [0.29, 0.717) is 32.1 Å². The summed E-state index contributed by atoms with van der Waals surface area (Å²) in [6.07, 6.45) is 0.503. The summed E-state index contributed by atoms with van der Waals surface area (Å²) in [5, 5.41) is 7.06. The molecule has 7 nitrogen and oxygen atoms in total. The molecule has 1 atom stereocenters. The minimum Gasteiger partial charge on any atom is -0.367 e. The second-order valence-electron chi connectivity index (χ2n) is 5.67. The lowest BCUT2D eigenvalue weighted by atomic mass is 10.2. The highest BCUT2D eigenvalue weighted by molar-refractivity contribution is 5.77. The summed E-state index contributed by atoms with van der Waals surface area (Å²) < 4.78 is 11.2. The number of aromatic nitrogens is 3. The molecule has 2 aromatic rings. The molecule has 0 spiro atoms. The van der Waals surface area contributed by atoms with E-state index in [0.717, 1.165) is 17.8 Å². The second-order valence-corrected chi connectivity index (χ2v) is 5.67. The van der Waals surface area contributed by atoms with E-state index < -0.39 is 0 Å². The number of carbonyl (C=O) groups is 1. The standard InChI is InChI=1S/C17H22N4O3/c1-2-15-18-17(20-19-15)14-10-21(8-9-24-14)16(22)12-23-11-13-6-4-3-5-7-13/h3-7,14H,2,8-12H2,1H3,(H,18,19,20)/t14-/m1/s1. The van der Waals surface area contributed by atoms with Gasteiger partial charge in [-0.2, -0.15) is 5.10 Å². The van der Waals surface area contributed by atoms with Crippen LogP contribution >= 0.6 is 0 Å². The van der Waals surface area contributed by atoms with Crippen molar-refractivity contribution in [3.8, 4) is 0 Å². The molecule has 128 valence electrons. The number of morpholine rings is 1. The zero-order chi connectivity index (χ0) is 16.8. The van der Waals surface area contributed by atoms with Crippen molar-refractivity contribution in [3.05, 3.63) is 47.5 Å². The fourth-order valence-corrected chi connectivity index (χ4v) is 2.57. The molecule has 1 fully saturated rings. The van der Waals surface area contributed by atoms with Gasteiger partial charge in [0.25, 0.3) is 0 Å². The first-order chi connectivity index (χ1) is 11.8. The highest BCUT2D eigenvalue weighted by Crippen LogP contribution is 2.19. The van der Waals surface area contributed by atoms with Crippen molar-refractivity contribution < 1.29 is 14.3 Å². The lowest BCUT2D eigenvalue weighted by molar-refractivity contribution is -0.144. The van der Waals surface area contributed by atoms with E-state index in [9.17, 15) is 4.79 Å². The first kappa shape index (κ1) is 16.6. The van der Waals surface area contributed by atoms with Crippen molar-refractivity contribution in [2.24, 2.45) is 0 Å². The van der Waals surface area contributed by atoms with Gasteiger partial charge in [0, 0.05) is 13.0 Å². The summed E-state index contributed by atoms with van der Waals surface area (Å²) in [7, 11) is 0. The maximum Gasteiger partial charge on any atom is 0.248 e. The Labute approximate surface area is 141 Å². The Morgan fingerprint density at radius 3 is 3.00 bits per heavy atom. The van der Waals surface area contributed by atoms with E-state index >= 15 is 0 Å². The van der Waals surface area contributed by atoms with Gasteiger partial charge >= 0.3 is 0 Å². The zero-order valence-corrected chi connectivity index (χ0v) is 13.8. The molecular formula is C17H22N4O3. The molecule has 0 aliphatic carbocycles. The summed E-state index contributed by atoms with van der Waals surface area (Å²) >= 11 is 0. The van der Waals surface area contributed by atoms with E-state index in [-0.39, 0.29) is 18.6 Å². The Hall–Kier alpha value is -2.25. The van der Waals surface area contributed by atoms with Gasteiger partial charge in [-0.15, -0.1) is 0 Å². The maximum absolute atomic E-state index is 12.3. The van der Waals surface area contributed by atoms with Gasteiger partial charge in [0.1, 0.15) is 18.5 Å². The Bertz CT molecular complexity index is 659. The number of amides is 1. The van der Waals surface area contributed by atoms with Gasteiger partial charge in [-0.3, -0.25) is 9.89 Å². The van der Waals surface area contributed by atoms with Gasteiger partial charge < -0.3 is 14.4 Å². The predicted octanol–water partition coefficient (Wildman–Crippen LogP) is 1.48. The summed E-state index contributed by atoms with van der Waals surface area (Å²) in [6, 6.07) is 9.81. The molecule has 3 rings (SSSR count). The largest absolute Gasteiger partial charge is 0.367 e. The summed E-state index contributed by atoms with van der Waals surface area (Å²) in [5.41, 5.74) is 1.05. The molecule has 7 heteroatoms. The molecule has 1 aromatic heterocycles. The maximum atomic E-state index is 12.3. The van der Waals surface area contributed by atoms with Crippen LogP contribution in [-0.4, -0.2) is 52.3 Å². The first-order valence-corrected chi connectivity index (χ1v) is 8.18. The zero-order valence-electron chi connectivity index (χ0n) is 13.8. The van der Waals surface area contributed by atoms with E-state index in [1.54, 1.807) is 4.90 Å². The van der Waals surface area contributed by atoms with Gasteiger partial charge in [0.2, 0.25) is 5.91 Å². The van der Waals surface area contributed by atoms with Gasteiger partial charge in [0.15, 0.2) is 5.82 Å². The molecule has 0 unspecified atom stereocenters. The smallest absolute Gasteiger partial charge is 0.248 e. The third-order valence-corrected chi connectivity index (χ3v) is 3.93. The minimum atomic E-state index is -0.284. The van der Waals surface area contributed by atoms with Crippen LogP contribution in [-0.2, 0) is 27.3 Å². The van der Waals surface area contributed by atoms with Crippen molar-refractivity contribution in [2.45, 2.75) is 26.1 Å². The van der Waals surface area contributed by atoms with Crippen molar-refractivity contribution >= 4 is 5.91 Å². The van der Waals surface area contributed by atoms with Gasteiger partial charge in [-0.05, 0) is 5.56 Å². The Morgan fingerprint density at radius 1 is 1.42 bits per heavy atom. The van der Waals surface area contributed by atoms with Gasteiger partial charge in [-0.1, -0.05) is 37.3 Å². The SMILES string of the molecule is CCc1nc([C@H]2CN(C(=O)COCc3ccccc3)CCO2)n[nH]1. The van der Waals surface area contributed by atoms with Crippen molar-refractivity contribution in [3.63, 3.8) is 0 Å². The van der Waals surface area contributed by atoms with Crippen LogP contribution in [0.1, 0.15) is 30.2 Å². The van der Waals surface area contributed by atoms with Crippen LogP contribution in [0.25, 0.3) is 0 Å². The minimum absolute atomic E-state index is 0.0366. The molecule has 1 aromatic carbocycles. The predicted molar refractivity (Wildman–Crippen MR) is 87.1 cm³/mol. The molecular weight excluding hydrogens is 308 g/mol. The quantitative estimate of drug-likeness (QED) is 0.868. The van der Waals surface area contributed by atoms with Crippen LogP contribution < -0.4 is 0 Å². The van der Waals surface area contributed by atoms with Crippen LogP contribution in [0.4, 0.5) is 0 Å². The van der Waals surface area contributed by atoms with E-state index in [2.05, 4.69) is 15.2 Å². The van der Waals surface area contributed by atoms with Crippen LogP contribution in [0.3, 0.4) is 0 Å². The molecule has 0 bridgehead atoms. The number of rotatable bonds is 6. The Kier molecular flexibility index (Phi) is 5.55. The van der Waals surface area contributed by atoms with Crippen molar-refractivity contribution in [1.29, 1.82) is 0 Å². The fourth-order valence-electron chi connectivity index (χ4n) is 2.57. The number of ether oxygens (including phenoxy) is 2. The molecule has 2 heterocycles. The average Bonchev–Trinajstić information content (AvgIpc) is 3.12. The van der Waals surface area contributed by atoms with Crippen LogP contribution in [0.15, 0.2) is 30.3 Å². The number of hydrogen-bond acceptors (Lipinski definition) is 5. The highest BCUT2D eigenvalue weighted by atomic mass is 16.5. The molecule has 1 N–H and O–H groups in total. The summed E-state index contributed by atoms with van der Waals surface area (Å²) in [5.74, 6) is 1.39. The van der Waals surface area contributed by atoms with Crippen molar-refractivity contribution in [2.75, 3.05) is 26.3 Å². The molecule has 1 amide bonds. The van der Waals surface area contributed by atoms with E-state index in [1.807, 2.05) is 37.3 Å². The fraction of sp³-hybridized carbons (Fsp3) is 0.471. The number of nitrogens with one attached hydrogen (secondary N) is 1. The monoisotopic (exact) mass is 330 g/mol. The molecule has 1 aliphatic rings.